The first-order valence-electron chi connectivity index (χ1n) is 7.37. The lowest BCUT2D eigenvalue weighted by Gasteiger charge is -2.37. The molecular formula is C13H24N4O2S2. The van der Waals surface area contributed by atoms with Gasteiger partial charge in [0.25, 0.3) is 0 Å². The molecule has 2 rings (SSSR count). The zero-order valence-corrected chi connectivity index (χ0v) is 14.5. The van der Waals surface area contributed by atoms with E-state index in [-0.39, 0.29) is 5.75 Å². The van der Waals surface area contributed by atoms with E-state index < -0.39 is 10.0 Å². The molecule has 0 N–H and O–H groups in total. The van der Waals surface area contributed by atoms with Gasteiger partial charge in [-0.3, -0.25) is 4.90 Å². The van der Waals surface area contributed by atoms with Crippen LogP contribution in [0.3, 0.4) is 0 Å². The maximum atomic E-state index is 11.9. The molecule has 0 saturated carbocycles. The van der Waals surface area contributed by atoms with Gasteiger partial charge in [-0.1, -0.05) is 0 Å². The van der Waals surface area contributed by atoms with Gasteiger partial charge in [-0.15, -0.1) is 21.5 Å². The molecule has 1 aliphatic heterocycles. The minimum Gasteiger partial charge on any atom is -0.297 e. The topological polar surface area (TPSA) is 66.4 Å². The van der Waals surface area contributed by atoms with Gasteiger partial charge < -0.3 is 0 Å². The third kappa shape index (κ3) is 4.21. The molecule has 1 unspecified atom stereocenters. The summed E-state index contributed by atoms with van der Waals surface area (Å²) >= 11 is 1.57. The minimum absolute atomic E-state index is 0.199. The summed E-state index contributed by atoms with van der Waals surface area (Å²) in [6.45, 7) is 6.03. The molecule has 8 heteroatoms. The lowest BCUT2D eigenvalue weighted by atomic mass is 9.90. The molecule has 0 aliphatic carbocycles. The van der Waals surface area contributed by atoms with Crippen molar-refractivity contribution in [3.8, 4) is 0 Å². The molecule has 0 spiro atoms. The average Bonchev–Trinajstić information content (AvgIpc) is 2.99. The Balaban J connectivity index is 1.86. The predicted octanol–water partition coefficient (Wildman–Crippen LogP) is 1.42. The predicted molar refractivity (Wildman–Crippen MR) is 84.6 cm³/mol. The van der Waals surface area contributed by atoms with Crippen LogP contribution >= 0.6 is 11.3 Å². The summed E-state index contributed by atoms with van der Waals surface area (Å²) in [4.78, 5) is 2.29. The van der Waals surface area contributed by atoms with Gasteiger partial charge >= 0.3 is 0 Å². The van der Waals surface area contributed by atoms with Crippen LogP contribution in [0.25, 0.3) is 0 Å². The third-order valence-corrected chi connectivity index (χ3v) is 6.99. The highest BCUT2D eigenvalue weighted by molar-refractivity contribution is 7.89. The van der Waals surface area contributed by atoms with Gasteiger partial charge in [0.05, 0.1) is 12.3 Å². The van der Waals surface area contributed by atoms with Crippen LogP contribution in [0.1, 0.15) is 31.7 Å². The zero-order chi connectivity index (χ0) is 15.5. The first-order valence-corrected chi connectivity index (χ1v) is 9.86. The molecule has 0 amide bonds. The summed E-state index contributed by atoms with van der Waals surface area (Å²) in [5, 5.41) is 8.96. The summed E-state index contributed by atoms with van der Waals surface area (Å²) in [6.07, 6.45) is 1.86. The number of sulfonamides is 1. The number of aromatic nitrogens is 2. The maximum Gasteiger partial charge on any atom is 0.213 e. The Labute approximate surface area is 131 Å². The Morgan fingerprint density at radius 1 is 1.48 bits per heavy atom. The van der Waals surface area contributed by atoms with Crippen molar-refractivity contribution < 1.29 is 8.42 Å². The summed E-state index contributed by atoms with van der Waals surface area (Å²) in [7, 11) is -0.930. The lowest BCUT2D eigenvalue weighted by molar-refractivity contribution is 0.137. The van der Waals surface area contributed by atoms with Crippen LogP contribution in [-0.2, 0) is 16.6 Å². The first kappa shape index (κ1) is 16.8. The maximum absolute atomic E-state index is 11.9. The second kappa shape index (κ2) is 7.13. The van der Waals surface area contributed by atoms with Crippen molar-refractivity contribution in [1.82, 2.24) is 19.4 Å². The van der Waals surface area contributed by atoms with E-state index in [9.17, 15) is 8.42 Å². The fourth-order valence-electron chi connectivity index (χ4n) is 2.80. The number of piperidine rings is 1. The van der Waals surface area contributed by atoms with Crippen molar-refractivity contribution >= 4 is 21.4 Å². The minimum atomic E-state index is -3.03. The van der Waals surface area contributed by atoms with Crippen molar-refractivity contribution in [2.24, 2.45) is 5.92 Å². The second-order valence-corrected chi connectivity index (χ2v) is 8.80. The van der Waals surface area contributed by atoms with E-state index in [1.54, 1.807) is 28.1 Å². The number of rotatable bonds is 6. The fourth-order valence-corrected chi connectivity index (χ4v) is 4.52. The summed E-state index contributed by atoms with van der Waals surface area (Å²) in [5.74, 6) is 0.732. The van der Waals surface area contributed by atoms with Crippen LogP contribution in [0.5, 0.6) is 0 Å². The van der Waals surface area contributed by atoms with Gasteiger partial charge in [0, 0.05) is 19.1 Å². The molecule has 1 fully saturated rings. The molecule has 0 radical (unpaired) electrons. The van der Waals surface area contributed by atoms with Crippen molar-refractivity contribution in [3.63, 3.8) is 0 Å². The van der Waals surface area contributed by atoms with Crippen LogP contribution in [0.2, 0.25) is 0 Å². The molecule has 1 atom stereocenters. The Morgan fingerprint density at radius 2 is 2.14 bits per heavy atom. The molecule has 120 valence electrons. The summed E-state index contributed by atoms with van der Waals surface area (Å²) < 4.78 is 25.4. The monoisotopic (exact) mass is 332 g/mol. The highest BCUT2D eigenvalue weighted by Gasteiger charge is 2.30. The molecule has 6 nitrogen and oxygen atoms in total. The van der Waals surface area contributed by atoms with Gasteiger partial charge in [-0.2, -0.15) is 0 Å². The SMILES string of the molecule is CCS(=O)(=O)N1CCC(C(C)N(C)Cc2nncs2)CC1. The van der Waals surface area contributed by atoms with Gasteiger partial charge in [0.2, 0.25) is 10.0 Å². The van der Waals surface area contributed by atoms with Crippen LogP contribution in [-0.4, -0.2) is 59.8 Å². The van der Waals surface area contributed by atoms with Crippen molar-refractivity contribution in [2.75, 3.05) is 25.9 Å². The Kier molecular flexibility index (Phi) is 5.70. The van der Waals surface area contributed by atoms with Crippen molar-refractivity contribution in [3.05, 3.63) is 10.5 Å². The zero-order valence-electron chi connectivity index (χ0n) is 12.9. The molecule has 0 bridgehead atoms. The first-order chi connectivity index (χ1) is 9.94. The molecule has 1 saturated heterocycles. The quantitative estimate of drug-likeness (QED) is 0.788. The average molecular weight is 332 g/mol. The Hall–Kier alpha value is -0.570. The summed E-state index contributed by atoms with van der Waals surface area (Å²) in [6, 6.07) is 0.417. The molecular weight excluding hydrogens is 308 g/mol. The third-order valence-electron chi connectivity index (χ3n) is 4.42. The Bertz CT molecular complexity index is 524. The lowest BCUT2D eigenvalue weighted by Crippen LogP contribution is -2.44. The largest absolute Gasteiger partial charge is 0.297 e. The smallest absolute Gasteiger partial charge is 0.213 e. The van der Waals surface area contributed by atoms with Gasteiger partial charge in [-0.25, -0.2) is 12.7 Å². The summed E-state index contributed by atoms with van der Waals surface area (Å²) in [5.41, 5.74) is 1.75. The molecule has 0 aromatic carbocycles. The molecule has 1 aromatic rings. The fraction of sp³-hybridized carbons (Fsp3) is 0.846. The van der Waals surface area contributed by atoms with E-state index in [0.29, 0.717) is 25.0 Å². The Morgan fingerprint density at radius 3 is 2.67 bits per heavy atom. The van der Waals surface area contributed by atoms with Crippen molar-refractivity contribution in [2.45, 2.75) is 39.3 Å². The number of hydrogen-bond donors (Lipinski definition) is 0. The van der Waals surface area contributed by atoms with Crippen LogP contribution in [0.4, 0.5) is 0 Å². The van der Waals surface area contributed by atoms with Crippen molar-refractivity contribution in [1.29, 1.82) is 0 Å². The molecule has 2 heterocycles. The highest BCUT2D eigenvalue weighted by atomic mass is 32.2. The van der Waals surface area contributed by atoms with Gasteiger partial charge in [-0.05, 0) is 39.7 Å². The van der Waals surface area contributed by atoms with E-state index in [2.05, 4.69) is 29.1 Å². The number of hydrogen-bond acceptors (Lipinski definition) is 6. The second-order valence-electron chi connectivity index (χ2n) is 5.63. The van der Waals surface area contributed by atoms with Crippen LogP contribution in [0, 0.1) is 5.92 Å². The van der Waals surface area contributed by atoms with Crippen LogP contribution in [0.15, 0.2) is 5.51 Å². The molecule has 1 aromatic heterocycles. The van der Waals surface area contributed by atoms with E-state index in [1.807, 2.05) is 0 Å². The normalized spacial score (nSPS) is 20.0. The number of nitrogens with zero attached hydrogens (tertiary/aromatic N) is 4. The molecule has 1 aliphatic rings. The van der Waals surface area contributed by atoms with Gasteiger partial charge in [0.1, 0.15) is 10.5 Å². The van der Waals surface area contributed by atoms with E-state index in [1.165, 1.54) is 0 Å². The van der Waals surface area contributed by atoms with E-state index in [4.69, 9.17) is 0 Å². The van der Waals surface area contributed by atoms with E-state index in [0.717, 1.165) is 24.4 Å². The van der Waals surface area contributed by atoms with Crippen LogP contribution < -0.4 is 0 Å². The highest BCUT2D eigenvalue weighted by Crippen LogP contribution is 2.25. The van der Waals surface area contributed by atoms with E-state index >= 15 is 0 Å². The molecule has 21 heavy (non-hydrogen) atoms. The van der Waals surface area contributed by atoms with Gasteiger partial charge in [0.15, 0.2) is 0 Å². The standard InChI is InChI=1S/C13H24N4O2S2/c1-4-21(18,19)17-7-5-12(6-8-17)11(2)16(3)9-13-15-14-10-20-13/h10-12H,4-9H2,1-3H3.